The second-order valence-electron chi connectivity index (χ2n) is 3.18. The highest BCUT2D eigenvalue weighted by Gasteiger charge is 2.14. The number of piperidine rings is 1. The molecule has 1 aliphatic heterocycles. The summed E-state index contributed by atoms with van der Waals surface area (Å²) in [5.41, 5.74) is 0. The van der Waals surface area contributed by atoms with E-state index in [0.717, 1.165) is 17.4 Å². The number of thiocarbonyl (C=S) groups is 1. The zero-order valence-corrected chi connectivity index (χ0v) is 9.96. The molecule has 14 heavy (non-hydrogen) atoms. The van der Waals surface area contributed by atoms with Crippen LogP contribution in [0.25, 0.3) is 0 Å². The van der Waals surface area contributed by atoms with E-state index >= 15 is 0 Å². The summed E-state index contributed by atoms with van der Waals surface area (Å²) in [6, 6.07) is 0. The Morgan fingerprint density at radius 2 is 2.07 bits per heavy atom. The SMILES string of the molecule is COC(=O)CSC(=S)N1CCCCC1. The lowest BCUT2D eigenvalue weighted by atomic mass is 10.1. The number of thioether (sulfide) groups is 1. The van der Waals surface area contributed by atoms with Crippen LogP contribution >= 0.6 is 24.0 Å². The van der Waals surface area contributed by atoms with Crippen LogP contribution in [0.3, 0.4) is 0 Å². The van der Waals surface area contributed by atoms with E-state index in [1.165, 1.54) is 38.1 Å². The van der Waals surface area contributed by atoms with E-state index in [9.17, 15) is 4.79 Å². The summed E-state index contributed by atoms with van der Waals surface area (Å²) in [5.74, 6) is 0.112. The van der Waals surface area contributed by atoms with Gasteiger partial charge in [-0.3, -0.25) is 4.79 Å². The monoisotopic (exact) mass is 233 g/mol. The molecule has 0 amide bonds. The molecule has 80 valence electrons. The molecule has 1 fully saturated rings. The third-order valence-corrected chi connectivity index (χ3v) is 3.65. The summed E-state index contributed by atoms with van der Waals surface area (Å²) >= 11 is 6.62. The number of carbonyl (C=O) groups is 1. The van der Waals surface area contributed by atoms with Gasteiger partial charge in [-0.1, -0.05) is 24.0 Å². The van der Waals surface area contributed by atoms with Gasteiger partial charge in [-0.15, -0.1) is 0 Å². The van der Waals surface area contributed by atoms with Crippen LogP contribution < -0.4 is 0 Å². The Morgan fingerprint density at radius 1 is 1.43 bits per heavy atom. The highest BCUT2D eigenvalue weighted by Crippen LogP contribution is 2.15. The van der Waals surface area contributed by atoms with Gasteiger partial charge in [0.05, 0.1) is 12.9 Å². The molecule has 1 heterocycles. The molecule has 0 N–H and O–H groups in total. The van der Waals surface area contributed by atoms with Gasteiger partial charge >= 0.3 is 5.97 Å². The molecular weight excluding hydrogens is 218 g/mol. The van der Waals surface area contributed by atoms with Crippen LogP contribution in [0.5, 0.6) is 0 Å². The van der Waals surface area contributed by atoms with Crippen LogP contribution in [0.1, 0.15) is 19.3 Å². The normalized spacial score (nSPS) is 16.5. The summed E-state index contributed by atoms with van der Waals surface area (Å²) in [6.07, 6.45) is 3.71. The van der Waals surface area contributed by atoms with Crippen molar-refractivity contribution in [2.45, 2.75) is 19.3 Å². The van der Waals surface area contributed by atoms with Gasteiger partial charge in [0.25, 0.3) is 0 Å². The number of hydrogen-bond acceptors (Lipinski definition) is 4. The van der Waals surface area contributed by atoms with E-state index in [0.29, 0.717) is 5.75 Å². The molecule has 0 aromatic rings. The number of ether oxygens (including phenoxy) is 1. The Kier molecular flexibility index (Phi) is 5.25. The summed E-state index contributed by atoms with van der Waals surface area (Å²) in [7, 11) is 1.40. The average Bonchev–Trinajstić information content (AvgIpc) is 2.26. The Bertz CT molecular complexity index is 215. The van der Waals surface area contributed by atoms with Crippen molar-refractivity contribution < 1.29 is 9.53 Å². The topological polar surface area (TPSA) is 29.5 Å². The predicted molar refractivity (Wildman–Crippen MR) is 62.5 cm³/mol. The molecule has 5 heteroatoms. The van der Waals surface area contributed by atoms with Crippen molar-refractivity contribution in [3.63, 3.8) is 0 Å². The molecule has 0 spiro atoms. The number of rotatable bonds is 2. The second kappa shape index (κ2) is 6.24. The van der Waals surface area contributed by atoms with Gasteiger partial charge in [0.15, 0.2) is 0 Å². The highest BCUT2D eigenvalue weighted by atomic mass is 32.2. The van der Waals surface area contributed by atoms with Crippen LogP contribution in [0.2, 0.25) is 0 Å². The Labute approximate surface area is 94.2 Å². The molecule has 0 atom stereocenters. The van der Waals surface area contributed by atoms with Crippen molar-refractivity contribution >= 4 is 34.3 Å². The number of hydrogen-bond donors (Lipinski definition) is 0. The maximum atomic E-state index is 10.9. The quantitative estimate of drug-likeness (QED) is 0.534. The van der Waals surface area contributed by atoms with Crippen LogP contribution in [0.15, 0.2) is 0 Å². The van der Waals surface area contributed by atoms with Gasteiger partial charge in [0.2, 0.25) is 0 Å². The minimum atomic E-state index is -0.214. The largest absolute Gasteiger partial charge is 0.468 e. The molecule has 3 nitrogen and oxygen atoms in total. The third-order valence-electron chi connectivity index (χ3n) is 2.16. The maximum Gasteiger partial charge on any atom is 0.316 e. The predicted octanol–water partition coefficient (Wildman–Crippen LogP) is 1.66. The van der Waals surface area contributed by atoms with E-state index in [1.807, 2.05) is 0 Å². The van der Waals surface area contributed by atoms with Gasteiger partial charge in [-0.25, -0.2) is 0 Å². The fourth-order valence-electron chi connectivity index (χ4n) is 1.35. The summed E-state index contributed by atoms with van der Waals surface area (Å²) < 4.78 is 5.38. The zero-order valence-electron chi connectivity index (χ0n) is 8.32. The molecule has 0 unspecified atom stereocenters. The number of nitrogens with zero attached hydrogens (tertiary/aromatic N) is 1. The Morgan fingerprint density at radius 3 is 2.64 bits per heavy atom. The number of carbonyl (C=O) groups excluding carboxylic acids is 1. The van der Waals surface area contributed by atoms with Crippen molar-refractivity contribution in [3.8, 4) is 0 Å². The number of esters is 1. The van der Waals surface area contributed by atoms with E-state index in [4.69, 9.17) is 12.2 Å². The van der Waals surface area contributed by atoms with Crippen molar-refractivity contribution in [2.75, 3.05) is 26.0 Å². The van der Waals surface area contributed by atoms with Gasteiger partial charge < -0.3 is 9.64 Å². The minimum Gasteiger partial charge on any atom is -0.468 e. The van der Waals surface area contributed by atoms with Crippen LogP contribution in [-0.2, 0) is 9.53 Å². The molecule has 0 aromatic carbocycles. The fraction of sp³-hybridized carbons (Fsp3) is 0.778. The average molecular weight is 233 g/mol. The van der Waals surface area contributed by atoms with E-state index in [-0.39, 0.29) is 5.97 Å². The highest BCUT2D eigenvalue weighted by molar-refractivity contribution is 8.23. The van der Waals surface area contributed by atoms with Crippen molar-refractivity contribution in [1.82, 2.24) is 4.90 Å². The Hall–Kier alpha value is -0.290. The van der Waals surface area contributed by atoms with Gasteiger partial charge in [0.1, 0.15) is 4.32 Å². The lowest BCUT2D eigenvalue weighted by Crippen LogP contribution is -2.33. The first-order valence-corrected chi connectivity index (χ1v) is 6.12. The third kappa shape index (κ3) is 3.84. The van der Waals surface area contributed by atoms with Crippen LogP contribution in [0.4, 0.5) is 0 Å². The summed E-state index contributed by atoms with van der Waals surface area (Å²) in [5, 5.41) is 0. The first kappa shape index (κ1) is 11.8. The lowest BCUT2D eigenvalue weighted by Gasteiger charge is -2.28. The number of likely N-dealkylation sites (tertiary alicyclic amines) is 1. The molecule has 0 radical (unpaired) electrons. The van der Waals surface area contributed by atoms with Crippen molar-refractivity contribution in [1.29, 1.82) is 0 Å². The molecule has 0 bridgehead atoms. The summed E-state index contributed by atoms with van der Waals surface area (Å²) in [4.78, 5) is 13.1. The number of methoxy groups -OCH3 is 1. The zero-order chi connectivity index (χ0) is 10.4. The fourth-order valence-corrected chi connectivity index (χ4v) is 2.43. The van der Waals surface area contributed by atoms with Crippen molar-refractivity contribution in [3.05, 3.63) is 0 Å². The van der Waals surface area contributed by atoms with Gasteiger partial charge in [0, 0.05) is 13.1 Å². The standard InChI is InChI=1S/C9H15NO2S2/c1-12-8(11)7-14-9(13)10-5-3-2-4-6-10/h2-7H2,1H3. The first-order chi connectivity index (χ1) is 6.74. The molecule has 0 aromatic heterocycles. The van der Waals surface area contributed by atoms with E-state index in [1.54, 1.807) is 0 Å². The summed E-state index contributed by atoms with van der Waals surface area (Å²) in [6.45, 7) is 2.07. The smallest absolute Gasteiger partial charge is 0.316 e. The lowest BCUT2D eigenvalue weighted by molar-refractivity contribution is -0.137. The molecule has 0 aliphatic carbocycles. The molecule has 1 rings (SSSR count). The molecular formula is C9H15NO2S2. The van der Waals surface area contributed by atoms with Crippen LogP contribution in [0, 0.1) is 0 Å². The van der Waals surface area contributed by atoms with E-state index in [2.05, 4.69) is 9.64 Å². The van der Waals surface area contributed by atoms with Gasteiger partial charge in [-0.2, -0.15) is 0 Å². The first-order valence-electron chi connectivity index (χ1n) is 4.72. The van der Waals surface area contributed by atoms with Gasteiger partial charge in [-0.05, 0) is 19.3 Å². The minimum absolute atomic E-state index is 0.214. The van der Waals surface area contributed by atoms with E-state index < -0.39 is 0 Å². The Balaban J connectivity index is 2.23. The van der Waals surface area contributed by atoms with Crippen LogP contribution in [-0.4, -0.2) is 41.1 Å². The molecule has 1 aliphatic rings. The molecule has 1 saturated heterocycles. The van der Waals surface area contributed by atoms with Crippen molar-refractivity contribution in [2.24, 2.45) is 0 Å². The molecule has 0 saturated carbocycles. The maximum absolute atomic E-state index is 10.9. The second-order valence-corrected chi connectivity index (χ2v) is 4.79.